The first kappa shape index (κ1) is 10.7. The van der Waals surface area contributed by atoms with Crippen LogP contribution >= 0.6 is 15.9 Å². The molecule has 0 bridgehead atoms. The van der Waals surface area contributed by atoms with Gasteiger partial charge < -0.3 is 11.1 Å². The highest BCUT2D eigenvalue weighted by molar-refractivity contribution is 9.10. The number of hydrogen-bond acceptors (Lipinski definition) is 2. The van der Waals surface area contributed by atoms with Gasteiger partial charge >= 0.3 is 0 Å². The summed E-state index contributed by atoms with van der Waals surface area (Å²) in [5, 5.41) is 3.33. The van der Waals surface area contributed by atoms with Gasteiger partial charge in [-0.05, 0) is 24.2 Å². The molecule has 0 spiro atoms. The van der Waals surface area contributed by atoms with Crippen LogP contribution in [0.5, 0.6) is 0 Å². The van der Waals surface area contributed by atoms with E-state index in [-0.39, 0.29) is 6.04 Å². The molecule has 0 aromatic heterocycles. The number of benzene rings is 1. The lowest BCUT2D eigenvalue weighted by molar-refractivity contribution is 0.561. The molecule has 13 heavy (non-hydrogen) atoms. The molecule has 3 heteroatoms. The summed E-state index contributed by atoms with van der Waals surface area (Å²) < 4.78 is 1.10. The van der Waals surface area contributed by atoms with Crippen molar-refractivity contribution in [2.75, 3.05) is 13.1 Å². The number of halogens is 1. The zero-order valence-corrected chi connectivity index (χ0v) is 9.34. The third-order valence-corrected chi connectivity index (χ3v) is 2.43. The van der Waals surface area contributed by atoms with Crippen molar-refractivity contribution >= 4 is 15.9 Å². The van der Waals surface area contributed by atoms with E-state index in [0.29, 0.717) is 6.54 Å². The summed E-state index contributed by atoms with van der Waals surface area (Å²) in [6.07, 6.45) is 0. The summed E-state index contributed by atoms with van der Waals surface area (Å²) in [5.74, 6) is 0. The lowest BCUT2D eigenvalue weighted by Crippen LogP contribution is -2.27. The topological polar surface area (TPSA) is 38.0 Å². The molecule has 0 aliphatic heterocycles. The summed E-state index contributed by atoms with van der Waals surface area (Å²) in [4.78, 5) is 0. The molecule has 0 amide bonds. The van der Waals surface area contributed by atoms with Crippen LogP contribution in [0.4, 0.5) is 0 Å². The number of rotatable bonds is 4. The molecule has 1 unspecified atom stereocenters. The van der Waals surface area contributed by atoms with Crippen molar-refractivity contribution in [1.82, 2.24) is 5.32 Å². The number of nitrogens with two attached hydrogens (primary N) is 1. The first-order valence-corrected chi connectivity index (χ1v) is 5.26. The fourth-order valence-electron chi connectivity index (χ4n) is 1.31. The minimum absolute atomic E-state index is 0.266. The zero-order chi connectivity index (χ0) is 9.68. The van der Waals surface area contributed by atoms with Gasteiger partial charge in [0.15, 0.2) is 0 Å². The van der Waals surface area contributed by atoms with Crippen molar-refractivity contribution in [3.63, 3.8) is 0 Å². The minimum Gasteiger partial charge on any atom is -0.329 e. The summed E-state index contributed by atoms with van der Waals surface area (Å²) in [6.45, 7) is 3.65. The van der Waals surface area contributed by atoms with Gasteiger partial charge in [0, 0.05) is 17.1 Å². The van der Waals surface area contributed by atoms with Crippen LogP contribution in [0.3, 0.4) is 0 Å². The Morgan fingerprint density at radius 2 is 2.31 bits per heavy atom. The molecule has 0 saturated heterocycles. The summed E-state index contributed by atoms with van der Waals surface area (Å²) in [5.41, 5.74) is 6.90. The third-order valence-electron chi connectivity index (χ3n) is 1.94. The van der Waals surface area contributed by atoms with Crippen molar-refractivity contribution in [3.8, 4) is 0 Å². The van der Waals surface area contributed by atoms with Crippen molar-refractivity contribution in [2.24, 2.45) is 5.73 Å². The predicted octanol–water partition coefficient (Wildman–Crippen LogP) is 2.06. The molecular weight excluding hydrogens is 228 g/mol. The lowest BCUT2D eigenvalue weighted by Gasteiger charge is -2.15. The molecule has 0 heterocycles. The van der Waals surface area contributed by atoms with Crippen LogP contribution in [0.25, 0.3) is 0 Å². The standard InChI is InChI=1S/C10H15BrN2/c1-2-13-10(7-12)8-4-3-5-9(11)6-8/h3-6,10,13H,2,7,12H2,1H3. The number of likely N-dealkylation sites (N-methyl/N-ethyl adjacent to an activating group) is 1. The Balaban J connectivity index is 2.78. The smallest absolute Gasteiger partial charge is 0.0444 e. The van der Waals surface area contributed by atoms with Gasteiger partial charge in [-0.2, -0.15) is 0 Å². The van der Waals surface area contributed by atoms with E-state index in [1.165, 1.54) is 5.56 Å². The van der Waals surface area contributed by atoms with E-state index < -0.39 is 0 Å². The molecule has 1 aromatic rings. The van der Waals surface area contributed by atoms with E-state index in [9.17, 15) is 0 Å². The summed E-state index contributed by atoms with van der Waals surface area (Å²) >= 11 is 3.44. The molecule has 0 aliphatic rings. The van der Waals surface area contributed by atoms with E-state index in [1.54, 1.807) is 0 Å². The molecule has 0 fully saturated rings. The van der Waals surface area contributed by atoms with E-state index in [2.05, 4.69) is 40.3 Å². The van der Waals surface area contributed by atoms with Crippen LogP contribution in [0.15, 0.2) is 28.7 Å². The highest BCUT2D eigenvalue weighted by Crippen LogP contribution is 2.17. The van der Waals surface area contributed by atoms with Gasteiger partial charge in [-0.15, -0.1) is 0 Å². The van der Waals surface area contributed by atoms with Gasteiger partial charge in [-0.3, -0.25) is 0 Å². The SMILES string of the molecule is CCNC(CN)c1cccc(Br)c1. The number of nitrogens with one attached hydrogen (secondary N) is 1. The van der Waals surface area contributed by atoms with Crippen LogP contribution in [0.2, 0.25) is 0 Å². The van der Waals surface area contributed by atoms with Gasteiger partial charge in [0.05, 0.1) is 0 Å². The van der Waals surface area contributed by atoms with Crippen LogP contribution in [-0.4, -0.2) is 13.1 Å². The van der Waals surface area contributed by atoms with Crippen molar-refractivity contribution < 1.29 is 0 Å². The van der Waals surface area contributed by atoms with Crippen LogP contribution in [0.1, 0.15) is 18.5 Å². The Morgan fingerprint density at radius 3 is 2.85 bits per heavy atom. The van der Waals surface area contributed by atoms with Crippen LogP contribution in [0, 0.1) is 0 Å². The van der Waals surface area contributed by atoms with Gasteiger partial charge in [-0.1, -0.05) is 35.0 Å². The summed E-state index contributed by atoms with van der Waals surface area (Å²) in [6, 6.07) is 8.50. The molecule has 1 aromatic carbocycles. The van der Waals surface area contributed by atoms with E-state index in [0.717, 1.165) is 11.0 Å². The maximum absolute atomic E-state index is 5.66. The second-order valence-corrected chi connectivity index (χ2v) is 3.82. The van der Waals surface area contributed by atoms with Crippen molar-refractivity contribution in [1.29, 1.82) is 0 Å². The zero-order valence-electron chi connectivity index (χ0n) is 7.76. The van der Waals surface area contributed by atoms with Crippen LogP contribution < -0.4 is 11.1 Å². The molecule has 3 N–H and O–H groups in total. The average molecular weight is 243 g/mol. The van der Waals surface area contributed by atoms with Gasteiger partial charge in [0.2, 0.25) is 0 Å². The van der Waals surface area contributed by atoms with Gasteiger partial charge in [0.1, 0.15) is 0 Å². The average Bonchev–Trinajstić information content (AvgIpc) is 2.14. The molecule has 1 atom stereocenters. The van der Waals surface area contributed by atoms with E-state index >= 15 is 0 Å². The maximum Gasteiger partial charge on any atom is 0.0444 e. The first-order chi connectivity index (χ1) is 6.27. The molecule has 0 radical (unpaired) electrons. The van der Waals surface area contributed by atoms with Gasteiger partial charge in [-0.25, -0.2) is 0 Å². The predicted molar refractivity (Wildman–Crippen MR) is 59.6 cm³/mol. The Labute approximate surface area is 87.6 Å². The Bertz CT molecular complexity index is 263. The normalized spacial score (nSPS) is 12.8. The fraction of sp³-hybridized carbons (Fsp3) is 0.400. The quantitative estimate of drug-likeness (QED) is 0.849. The Hall–Kier alpha value is -0.380. The Kier molecular flexibility index (Phi) is 4.42. The number of hydrogen-bond donors (Lipinski definition) is 2. The minimum atomic E-state index is 0.266. The third kappa shape index (κ3) is 3.10. The Morgan fingerprint density at radius 1 is 1.54 bits per heavy atom. The fourth-order valence-corrected chi connectivity index (χ4v) is 1.72. The second kappa shape index (κ2) is 5.37. The van der Waals surface area contributed by atoms with E-state index in [4.69, 9.17) is 5.73 Å². The molecule has 0 saturated carbocycles. The summed E-state index contributed by atoms with van der Waals surface area (Å²) in [7, 11) is 0. The van der Waals surface area contributed by atoms with E-state index in [1.807, 2.05) is 12.1 Å². The molecule has 1 rings (SSSR count). The van der Waals surface area contributed by atoms with Gasteiger partial charge in [0.25, 0.3) is 0 Å². The second-order valence-electron chi connectivity index (χ2n) is 2.90. The molecular formula is C10H15BrN2. The molecule has 2 nitrogen and oxygen atoms in total. The monoisotopic (exact) mass is 242 g/mol. The van der Waals surface area contributed by atoms with Crippen molar-refractivity contribution in [2.45, 2.75) is 13.0 Å². The first-order valence-electron chi connectivity index (χ1n) is 4.46. The lowest BCUT2D eigenvalue weighted by atomic mass is 10.1. The molecule has 72 valence electrons. The maximum atomic E-state index is 5.66. The highest BCUT2D eigenvalue weighted by atomic mass is 79.9. The van der Waals surface area contributed by atoms with Crippen LogP contribution in [-0.2, 0) is 0 Å². The highest BCUT2D eigenvalue weighted by Gasteiger charge is 2.06. The molecule has 0 aliphatic carbocycles. The van der Waals surface area contributed by atoms with Crippen molar-refractivity contribution in [3.05, 3.63) is 34.3 Å². The largest absolute Gasteiger partial charge is 0.329 e.